The van der Waals surface area contributed by atoms with Gasteiger partial charge >= 0.3 is 5.97 Å². The van der Waals surface area contributed by atoms with Gasteiger partial charge < -0.3 is 14.7 Å². The van der Waals surface area contributed by atoms with Crippen LogP contribution in [0.15, 0.2) is 42.5 Å². The van der Waals surface area contributed by atoms with Crippen LogP contribution in [0, 0.1) is 0 Å². The van der Waals surface area contributed by atoms with Gasteiger partial charge in [0.25, 0.3) is 0 Å². The van der Waals surface area contributed by atoms with Crippen LogP contribution in [0.3, 0.4) is 0 Å². The van der Waals surface area contributed by atoms with Gasteiger partial charge in [0.15, 0.2) is 11.5 Å². The summed E-state index contributed by atoms with van der Waals surface area (Å²) in [4.78, 5) is 13.1. The van der Waals surface area contributed by atoms with E-state index < -0.39 is 5.97 Å². The van der Waals surface area contributed by atoms with Crippen molar-refractivity contribution in [1.29, 1.82) is 0 Å². The van der Waals surface area contributed by atoms with E-state index >= 15 is 0 Å². The van der Waals surface area contributed by atoms with E-state index in [4.69, 9.17) is 9.84 Å². The van der Waals surface area contributed by atoms with Crippen molar-refractivity contribution in [3.8, 4) is 11.5 Å². The molecule has 96 valence electrons. The van der Waals surface area contributed by atoms with E-state index in [9.17, 15) is 4.79 Å². The van der Waals surface area contributed by atoms with Gasteiger partial charge in [0, 0.05) is 6.54 Å². The minimum Gasteiger partial charge on any atom is -0.478 e. The first-order valence-corrected chi connectivity index (χ1v) is 6.12. The summed E-state index contributed by atoms with van der Waals surface area (Å²) in [6, 6.07) is 12.7. The third-order valence-corrected chi connectivity index (χ3v) is 3.19. The van der Waals surface area contributed by atoms with Crippen LogP contribution < -0.4 is 9.64 Å². The van der Waals surface area contributed by atoms with Crippen LogP contribution in [0.25, 0.3) is 0 Å². The topological polar surface area (TPSA) is 49.8 Å². The Morgan fingerprint density at radius 3 is 2.63 bits per heavy atom. The molecule has 1 aliphatic heterocycles. The number of hydrogen-bond donors (Lipinski definition) is 1. The summed E-state index contributed by atoms with van der Waals surface area (Å²) in [6.07, 6.45) is 0. The summed E-state index contributed by atoms with van der Waals surface area (Å²) in [5.74, 6) is 0.383. The van der Waals surface area contributed by atoms with Crippen LogP contribution in [0.1, 0.15) is 17.3 Å². The molecule has 2 aromatic carbocycles. The molecular weight excluding hydrogens is 242 g/mol. The zero-order chi connectivity index (χ0) is 13.4. The predicted octanol–water partition coefficient (Wildman–Crippen LogP) is 3.65. The van der Waals surface area contributed by atoms with Gasteiger partial charge in [-0.2, -0.15) is 0 Å². The van der Waals surface area contributed by atoms with Crippen molar-refractivity contribution in [2.24, 2.45) is 0 Å². The molecule has 1 heterocycles. The molecule has 4 nitrogen and oxygen atoms in total. The molecule has 0 fully saturated rings. The highest BCUT2D eigenvalue weighted by Gasteiger charge is 2.23. The second-order valence-corrected chi connectivity index (χ2v) is 4.30. The van der Waals surface area contributed by atoms with Gasteiger partial charge in [-0.05, 0) is 37.3 Å². The number of carboxylic acid groups (broad SMARTS) is 1. The van der Waals surface area contributed by atoms with Gasteiger partial charge in [0.1, 0.15) is 0 Å². The van der Waals surface area contributed by atoms with Crippen molar-refractivity contribution in [2.45, 2.75) is 6.92 Å². The van der Waals surface area contributed by atoms with Crippen LogP contribution in [0.5, 0.6) is 11.5 Å². The molecule has 1 aliphatic rings. The minimum atomic E-state index is -0.951. The SMILES string of the molecule is CCN1c2ccccc2Oc2cc(C(=O)O)ccc21. The van der Waals surface area contributed by atoms with Crippen molar-refractivity contribution in [1.82, 2.24) is 0 Å². The van der Waals surface area contributed by atoms with Gasteiger partial charge in [-0.25, -0.2) is 4.79 Å². The first-order chi connectivity index (χ1) is 9.20. The summed E-state index contributed by atoms with van der Waals surface area (Å²) in [6.45, 7) is 2.84. The molecular formula is C15H13NO3. The normalized spacial score (nSPS) is 12.4. The van der Waals surface area contributed by atoms with Crippen LogP contribution in [-0.2, 0) is 0 Å². The summed E-state index contributed by atoms with van der Waals surface area (Å²) < 4.78 is 5.80. The number of carbonyl (C=O) groups is 1. The Morgan fingerprint density at radius 2 is 1.89 bits per heavy atom. The molecule has 0 atom stereocenters. The average Bonchev–Trinajstić information content (AvgIpc) is 2.43. The van der Waals surface area contributed by atoms with E-state index in [1.54, 1.807) is 18.2 Å². The predicted molar refractivity (Wildman–Crippen MR) is 72.6 cm³/mol. The standard InChI is InChI=1S/C15H13NO3/c1-2-16-11-5-3-4-6-13(11)19-14-9-10(15(17)18)7-8-12(14)16/h3-9H,2H2,1H3,(H,17,18). The Morgan fingerprint density at radius 1 is 1.16 bits per heavy atom. The molecule has 0 saturated heterocycles. The first-order valence-electron chi connectivity index (χ1n) is 6.12. The van der Waals surface area contributed by atoms with Crippen LogP contribution in [-0.4, -0.2) is 17.6 Å². The monoisotopic (exact) mass is 255 g/mol. The maximum absolute atomic E-state index is 11.0. The third kappa shape index (κ3) is 1.81. The van der Waals surface area contributed by atoms with E-state index in [2.05, 4.69) is 11.8 Å². The molecule has 2 aromatic rings. The minimum absolute atomic E-state index is 0.231. The second-order valence-electron chi connectivity index (χ2n) is 4.30. The zero-order valence-corrected chi connectivity index (χ0v) is 10.5. The fourth-order valence-corrected chi connectivity index (χ4v) is 2.31. The molecule has 0 radical (unpaired) electrons. The molecule has 4 heteroatoms. The Balaban J connectivity index is 2.14. The molecule has 3 rings (SSSR count). The number of para-hydroxylation sites is 2. The number of aromatic carboxylic acids is 1. The fourth-order valence-electron chi connectivity index (χ4n) is 2.31. The summed E-state index contributed by atoms with van der Waals surface area (Å²) >= 11 is 0. The number of anilines is 2. The number of hydrogen-bond acceptors (Lipinski definition) is 3. The Kier molecular flexibility index (Phi) is 2.63. The van der Waals surface area contributed by atoms with Crippen molar-refractivity contribution in [3.63, 3.8) is 0 Å². The summed E-state index contributed by atoms with van der Waals surface area (Å²) in [7, 11) is 0. The second kappa shape index (κ2) is 4.31. The van der Waals surface area contributed by atoms with Crippen LogP contribution in [0.2, 0.25) is 0 Å². The lowest BCUT2D eigenvalue weighted by Crippen LogP contribution is -2.20. The summed E-state index contributed by atoms with van der Waals surface area (Å²) in [5, 5.41) is 9.04. The Bertz CT molecular complexity index is 652. The molecule has 0 bridgehead atoms. The van der Waals surface area contributed by atoms with Crippen molar-refractivity contribution < 1.29 is 14.6 Å². The molecule has 0 aromatic heterocycles. The number of ether oxygens (including phenoxy) is 1. The number of fused-ring (bicyclic) bond motifs is 2. The zero-order valence-electron chi connectivity index (χ0n) is 10.5. The largest absolute Gasteiger partial charge is 0.478 e. The highest BCUT2D eigenvalue weighted by molar-refractivity contribution is 5.90. The maximum Gasteiger partial charge on any atom is 0.335 e. The van der Waals surface area contributed by atoms with E-state index in [0.717, 1.165) is 23.7 Å². The average molecular weight is 255 g/mol. The molecule has 0 saturated carbocycles. The van der Waals surface area contributed by atoms with Crippen molar-refractivity contribution >= 4 is 17.3 Å². The third-order valence-electron chi connectivity index (χ3n) is 3.19. The first kappa shape index (κ1) is 11.6. The Labute approximate surface area is 110 Å². The van der Waals surface area contributed by atoms with Gasteiger partial charge in [0.2, 0.25) is 0 Å². The van der Waals surface area contributed by atoms with E-state index in [1.807, 2.05) is 24.3 Å². The maximum atomic E-state index is 11.0. The van der Waals surface area contributed by atoms with Gasteiger partial charge in [-0.15, -0.1) is 0 Å². The number of rotatable bonds is 2. The number of carboxylic acids is 1. The smallest absolute Gasteiger partial charge is 0.335 e. The molecule has 1 N–H and O–H groups in total. The highest BCUT2D eigenvalue weighted by Crippen LogP contribution is 2.46. The lowest BCUT2D eigenvalue weighted by molar-refractivity contribution is 0.0696. The van der Waals surface area contributed by atoms with E-state index in [1.165, 1.54) is 0 Å². The molecule has 0 aliphatic carbocycles. The summed E-state index contributed by atoms with van der Waals surface area (Å²) in [5.41, 5.74) is 2.13. The van der Waals surface area contributed by atoms with E-state index in [0.29, 0.717) is 5.75 Å². The van der Waals surface area contributed by atoms with Crippen LogP contribution >= 0.6 is 0 Å². The highest BCUT2D eigenvalue weighted by atomic mass is 16.5. The van der Waals surface area contributed by atoms with Crippen LogP contribution in [0.4, 0.5) is 11.4 Å². The Hall–Kier alpha value is -2.49. The number of nitrogens with zero attached hydrogens (tertiary/aromatic N) is 1. The van der Waals surface area contributed by atoms with Gasteiger partial charge in [0.05, 0.1) is 16.9 Å². The molecule has 19 heavy (non-hydrogen) atoms. The lowest BCUT2D eigenvalue weighted by Gasteiger charge is -2.31. The van der Waals surface area contributed by atoms with Gasteiger partial charge in [-0.1, -0.05) is 12.1 Å². The fraction of sp³-hybridized carbons (Fsp3) is 0.133. The molecule has 0 unspecified atom stereocenters. The van der Waals surface area contributed by atoms with Crippen molar-refractivity contribution in [3.05, 3.63) is 48.0 Å². The molecule has 0 amide bonds. The lowest BCUT2D eigenvalue weighted by atomic mass is 10.1. The number of benzene rings is 2. The quantitative estimate of drug-likeness (QED) is 0.889. The van der Waals surface area contributed by atoms with Gasteiger partial charge in [-0.3, -0.25) is 0 Å². The van der Waals surface area contributed by atoms with Crippen molar-refractivity contribution in [2.75, 3.05) is 11.4 Å². The molecule has 0 spiro atoms. The van der Waals surface area contributed by atoms with E-state index in [-0.39, 0.29) is 5.56 Å².